The standard InChI is InChI=1S/C9H6FN/c1-2-7-3-4-9(10)5-8(7)6-11/h2-5H,1H2. The summed E-state index contributed by atoms with van der Waals surface area (Å²) in [4.78, 5) is 0. The SMILES string of the molecule is C=Cc1ccc(F)cc1C#N. The fourth-order valence-electron chi connectivity index (χ4n) is 0.803. The third-order valence-electron chi connectivity index (χ3n) is 1.36. The summed E-state index contributed by atoms with van der Waals surface area (Å²) in [6.07, 6.45) is 1.53. The van der Waals surface area contributed by atoms with Crippen molar-refractivity contribution in [1.82, 2.24) is 0 Å². The summed E-state index contributed by atoms with van der Waals surface area (Å²) in [6, 6.07) is 5.90. The van der Waals surface area contributed by atoms with Gasteiger partial charge in [0.15, 0.2) is 0 Å². The van der Waals surface area contributed by atoms with Crippen molar-refractivity contribution in [1.29, 1.82) is 5.26 Å². The van der Waals surface area contributed by atoms with Gasteiger partial charge < -0.3 is 0 Å². The summed E-state index contributed by atoms with van der Waals surface area (Å²) in [5.41, 5.74) is 0.980. The Morgan fingerprint density at radius 3 is 2.82 bits per heavy atom. The molecule has 0 amide bonds. The normalized spacial score (nSPS) is 8.73. The number of benzene rings is 1. The highest BCUT2D eigenvalue weighted by Crippen LogP contribution is 2.10. The highest BCUT2D eigenvalue weighted by atomic mass is 19.1. The van der Waals surface area contributed by atoms with Crippen LogP contribution in [0.15, 0.2) is 24.8 Å². The maximum atomic E-state index is 12.5. The van der Waals surface area contributed by atoms with Gasteiger partial charge in [-0.05, 0) is 17.7 Å². The van der Waals surface area contributed by atoms with Crippen LogP contribution in [-0.4, -0.2) is 0 Å². The Labute approximate surface area is 64.4 Å². The van der Waals surface area contributed by atoms with Crippen molar-refractivity contribution in [2.75, 3.05) is 0 Å². The highest BCUT2D eigenvalue weighted by molar-refractivity contribution is 5.56. The number of hydrogen-bond acceptors (Lipinski definition) is 1. The number of nitrogens with zero attached hydrogens (tertiary/aromatic N) is 1. The van der Waals surface area contributed by atoms with Crippen LogP contribution in [0.2, 0.25) is 0 Å². The van der Waals surface area contributed by atoms with Crippen molar-refractivity contribution < 1.29 is 4.39 Å². The predicted molar refractivity (Wildman–Crippen MR) is 41.2 cm³/mol. The molecule has 11 heavy (non-hydrogen) atoms. The zero-order chi connectivity index (χ0) is 8.27. The molecule has 1 aromatic rings. The summed E-state index contributed by atoms with van der Waals surface area (Å²) < 4.78 is 12.5. The van der Waals surface area contributed by atoms with Crippen LogP contribution in [0.1, 0.15) is 11.1 Å². The van der Waals surface area contributed by atoms with E-state index in [-0.39, 0.29) is 0 Å². The van der Waals surface area contributed by atoms with Crippen LogP contribution in [0.5, 0.6) is 0 Å². The van der Waals surface area contributed by atoms with E-state index in [0.29, 0.717) is 11.1 Å². The predicted octanol–water partition coefficient (Wildman–Crippen LogP) is 2.34. The van der Waals surface area contributed by atoms with Crippen molar-refractivity contribution in [3.05, 3.63) is 41.7 Å². The molecule has 0 saturated heterocycles. The first-order valence-electron chi connectivity index (χ1n) is 3.10. The van der Waals surface area contributed by atoms with Crippen molar-refractivity contribution in [3.63, 3.8) is 0 Å². The lowest BCUT2D eigenvalue weighted by Crippen LogP contribution is -1.82. The van der Waals surface area contributed by atoms with Crippen LogP contribution >= 0.6 is 0 Å². The van der Waals surface area contributed by atoms with E-state index in [9.17, 15) is 4.39 Å². The van der Waals surface area contributed by atoms with Crippen LogP contribution in [0.25, 0.3) is 6.08 Å². The Kier molecular flexibility index (Phi) is 2.03. The largest absolute Gasteiger partial charge is 0.207 e. The van der Waals surface area contributed by atoms with Gasteiger partial charge in [0.05, 0.1) is 11.6 Å². The number of halogens is 1. The summed E-state index contributed by atoms with van der Waals surface area (Å²) in [5, 5.41) is 8.51. The Bertz CT molecular complexity index is 323. The van der Waals surface area contributed by atoms with Crippen molar-refractivity contribution in [3.8, 4) is 6.07 Å². The molecule has 0 bridgehead atoms. The second kappa shape index (κ2) is 2.98. The van der Waals surface area contributed by atoms with E-state index >= 15 is 0 Å². The Hall–Kier alpha value is -1.62. The minimum atomic E-state index is -0.396. The number of hydrogen-bond donors (Lipinski definition) is 0. The first-order chi connectivity index (χ1) is 5.27. The Morgan fingerprint density at radius 2 is 2.27 bits per heavy atom. The van der Waals surface area contributed by atoms with Gasteiger partial charge in [-0.3, -0.25) is 0 Å². The fourth-order valence-corrected chi connectivity index (χ4v) is 0.803. The molecule has 0 fully saturated rings. The molecule has 0 unspecified atom stereocenters. The van der Waals surface area contributed by atoms with E-state index in [0.717, 1.165) is 0 Å². The van der Waals surface area contributed by atoms with E-state index in [1.165, 1.54) is 24.3 Å². The molecule has 0 N–H and O–H groups in total. The van der Waals surface area contributed by atoms with Gasteiger partial charge in [-0.1, -0.05) is 18.7 Å². The molecule has 2 heteroatoms. The third-order valence-corrected chi connectivity index (χ3v) is 1.36. The van der Waals surface area contributed by atoms with E-state index in [2.05, 4.69) is 6.58 Å². The molecule has 0 atom stereocenters. The second-order valence-corrected chi connectivity index (χ2v) is 2.05. The minimum Gasteiger partial charge on any atom is -0.207 e. The molecule has 0 saturated carbocycles. The van der Waals surface area contributed by atoms with Gasteiger partial charge in [-0.2, -0.15) is 5.26 Å². The monoisotopic (exact) mass is 147 g/mol. The third kappa shape index (κ3) is 1.44. The molecule has 1 rings (SSSR count). The van der Waals surface area contributed by atoms with Gasteiger partial charge in [-0.25, -0.2) is 4.39 Å². The zero-order valence-corrected chi connectivity index (χ0v) is 5.84. The quantitative estimate of drug-likeness (QED) is 0.598. The van der Waals surface area contributed by atoms with Crippen LogP contribution in [0, 0.1) is 17.1 Å². The Morgan fingerprint density at radius 1 is 1.55 bits per heavy atom. The lowest BCUT2D eigenvalue weighted by Gasteiger charge is -1.95. The van der Waals surface area contributed by atoms with E-state index in [1.54, 1.807) is 0 Å². The van der Waals surface area contributed by atoms with Gasteiger partial charge in [0.1, 0.15) is 5.82 Å². The maximum Gasteiger partial charge on any atom is 0.124 e. The first-order valence-corrected chi connectivity index (χ1v) is 3.10. The summed E-state index contributed by atoms with van der Waals surface area (Å²) >= 11 is 0. The smallest absolute Gasteiger partial charge is 0.124 e. The zero-order valence-electron chi connectivity index (χ0n) is 5.84. The lowest BCUT2D eigenvalue weighted by atomic mass is 10.1. The minimum absolute atomic E-state index is 0.319. The average Bonchev–Trinajstić information content (AvgIpc) is 2.04. The molecule has 0 heterocycles. The maximum absolute atomic E-state index is 12.5. The first kappa shape index (κ1) is 7.49. The molecule has 0 aliphatic heterocycles. The molecule has 1 aromatic carbocycles. The molecular formula is C9H6FN. The van der Waals surface area contributed by atoms with Gasteiger partial charge in [0.25, 0.3) is 0 Å². The van der Waals surface area contributed by atoms with Crippen molar-refractivity contribution in [2.24, 2.45) is 0 Å². The summed E-state index contributed by atoms with van der Waals surface area (Å²) in [7, 11) is 0. The van der Waals surface area contributed by atoms with Crippen LogP contribution in [0.3, 0.4) is 0 Å². The molecule has 0 aliphatic rings. The molecule has 54 valence electrons. The lowest BCUT2D eigenvalue weighted by molar-refractivity contribution is 0.627. The molecule has 0 spiro atoms. The van der Waals surface area contributed by atoms with Gasteiger partial charge in [0, 0.05) is 0 Å². The summed E-state index contributed by atoms with van der Waals surface area (Å²) in [5.74, 6) is -0.396. The van der Waals surface area contributed by atoms with Crippen LogP contribution in [-0.2, 0) is 0 Å². The van der Waals surface area contributed by atoms with Gasteiger partial charge in [-0.15, -0.1) is 0 Å². The number of rotatable bonds is 1. The number of nitriles is 1. The fraction of sp³-hybridized carbons (Fsp3) is 0. The van der Waals surface area contributed by atoms with Crippen LogP contribution < -0.4 is 0 Å². The second-order valence-electron chi connectivity index (χ2n) is 2.05. The molecular weight excluding hydrogens is 141 g/mol. The molecule has 0 aromatic heterocycles. The Balaban J connectivity index is 3.30. The topological polar surface area (TPSA) is 23.8 Å². The van der Waals surface area contributed by atoms with E-state index in [4.69, 9.17) is 5.26 Å². The van der Waals surface area contributed by atoms with Crippen molar-refractivity contribution in [2.45, 2.75) is 0 Å². The summed E-state index contributed by atoms with van der Waals surface area (Å²) in [6.45, 7) is 3.50. The highest BCUT2D eigenvalue weighted by Gasteiger charge is 1.98. The molecule has 0 radical (unpaired) electrons. The molecule has 0 aliphatic carbocycles. The van der Waals surface area contributed by atoms with E-state index in [1.807, 2.05) is 6.07 Å². The van der Waals surface area contributed by atoms with Crippen LogP contribution in [0.4, 0.5) is 4.39 Å². The average molecular weight is 147 g/mol. The van der Waals surface area contributed by atoms with E-state index < -0.39 is 5.82 Å². The van der Waals surface area contributed by atoms with Gasteiger partial charge in [0.2, 0.25) is 0 Å². The van der Waals surface area contributed by atoms with Gasteiger partial charge >= 0.3 is 0 Å². The van der Waals surface area contributed by atoms with Crippen molar-refractivity contribution >= 4 is 6.08 Å². The molecule has 1 nitrogen and oxygen atoms in total.